The van der Waals surface area contributed by atoms with Crippen molar-refractivity contribution in [3.8, 4) is 0 Å². The van der Waals surface area contributed by atoms with Gasteiger partial charge in [-0.3, -0.25) is 13.9 Å². The molecule has 0 unspecified atom stereocenters. The van der Waals surface area contributed by atoms with E-state index in [9.17, 15) is 14.4 Å². The summed E-state index contributed by atoms with van der Waals surface area (Å²) in [4.78, 5) is 37.7. The van der Waals surface area contributed by atoms with E-state index >= 15 is 0 Å². The number of esters is 1. The molecule has 8 nitrogen and oxygen atoms in total. The second-order valence-corrected chi connectivity index (χ2v) is 9.07. The smallest absolute Gasteiger partial charge is 0.348 e. The number of aromatic nitrogens is 4. The summed E-state index contributed by atoms with van der Waals surface area (Å²) in [6.07, 6.45) is 0. The van der Waals surface area contributed by atoms with Crippen LogP contribution in [-0.2, 0) is 32.0 Å². The Morgan fingerprint density at radius 2 is 1.81 bits per heavy atom. The second-order valence-electron chi connectivity index (χ2n) is 7.22. The molecule has 0 aliphatic rings. The molecule has 0 N–H and O–H groups in total. The molecule has 0 fully saturated rings. The van der Waals surface area contributed by atoms with E-state index in [4.69, 9.17) is 27.9 Å². The molecule has 0 aliphatic carbocycles. The number of hydrogen-bond donors (Lipinski definition) is 0. The van der Waals surface area contributed by atoms with E-state index in [0.717, 1.165) is 26.0 Å². The number of aryl methyl sites for hydroxylation is 1. The fourth-order valence-corrected chi connectivity index (χ4v) is 4.85. The van der Waals surface area contributed by atoms with Gasteiger partial charge in [-0.2, -0.15) is 5.10 Å². The first-order chi connectivity index (χ1) is 15.2. The van der Waals surface area contributed by atoms with Gasteiger partial charge in [0.1, 0.15) is 16.3 Å². The number of fused-ring (bicyclic) bond motifs is 1. The maximum absolute atomic E-state index is 12.7. The minimum Gasteiger partial charge on any atom is -0.455 e. The van der Waals surface area contributed by atoms with E-state index in [1.54, 1.807) is 28.9 Å². The van der Waals surface area contributed by atoms with Crippen LogP contribution in [0.2, 0.25) is 10.0 Å². The topological polar surface area (TPSA) is 88.1 Å². The fraction of sp³-hybridized carbons (Fsp3) is 0.238. The van der Waals surface area contributed by atoms with Gasteiger partial charge in [0, 0.05) is 41.2 Å². The molecule has 0 radical (unpaired) electrons. The number of thiophene rings is 1. The number of rotatable bonds is 5. The third kappa shape index (κ3) is 3.99. The van der Waals surface area contributed by atoms with Crippen molar-refractivity contribution in [2.75, 3.05) is 0 Å². The van der Waals surface area contributed by atoms with Crippen LogP contribution in [0.4, 0.5) is 0 Å². The number of nitrogens with zero attached hydrogens (tertiary/aromatic N) is 4. The Morgan fingerprint density at radius 3 is 2.50 bits per heavy atom. The Labute approximate surface area is 196 Å². The van der Waals surface area contributed by atoms with E-state index in [1.165, 1.54) is 36.1 Å². The van der Waals surface area contributed by atoms with E-state index in [1.807, 2.05) is 6.92 Å². The van der Waals surface area contributed by atoms with Crippen molar-refractivity contribution < 1.29 is 9.53 Å². The highest BCUT2D eigenvalue weighted by molar-refractivity contribution is 7.20. The highest BCUT2D eigenvalue weighted by atomic mass is 35.5. The first-order valence-electron chi connectivity index (χ1n) is 9.50. The molecule has 4 rings (SSSR count). The highest BCUT2D eigenvalue weighted by Crippen LogP contribution is 2.31. The van der Waals surface area contributed by atoms with Gasteiger partial charge in [0.15, 0.2) is 0 Å². The quantitative estimate of drug-likeness (QED) is 0.397. The van der Waals surface area contributed by atoms with Crippen molar-refractivity contribution in [2.45, 2.75) is 20.1 Å². The fourth-order valence-electron chi connectivity index (χ4n) is 3.28. The Bertz CT molecular complexity index is 1460. The van der Waals surface area contributed by atoms with Gasteiger partial charge in [0.25, 0.3) is 5.56 Å². The van der Waals surface area contributed by atoms with Gasteiger partial charge < -0.3 is 4.74 Å². The van der Waals surface area contributed by atoms with Gasteiger partial charge in [0.05, 0.1) is 17.9 Å². The van der Waals surface area contributed by atoms with Crippen LogP contribution < -0.4 is 11.2 Å². The lowest BCUT2D eigenvalue weighted by molar-refractivity contribution is 0.0468. The first-order valence-corrected chi connectivity index (χ1v) is 11.1. The lowest BCUT2D eigenvalue weighted by Crippen LogP contribution is -2.38. The summed E-state index contributed by atoms with van der Waals surface area (Å²) in [5.41, 5.74) is 0.856. The highest BCUT2D eigenvalue weighted by Gasteiger charge is 2.19. The van der Waals surface area contributed by atoms with Crippen LogP contribution in [0.3, 0.4) is 0 Å². The van der Waals surface area contributed by atoms with E-state index in [0.29, 0.717) is 27.2 Å². The van der Waals surface area contributed by atoms with Crippen LogP contribution in [0.15, 0.2) is 39.9 Å². The largest absolute Gasteiger partial charge is 0.455 e. The van der Waals surface area contributed by atoms with Crippen LogP contribution in [0.1, 0.15) is 26.6 Å². The van der Waals surface area contributed by atoms with Gasteiger partial charge >= 0.3 is 11.7 Å². The average Bonchev–Trinajstić information content (AvgIpc) is 3.32. The minimum absolute atomic E-state index is 0.199. The number of benzene rings is 1. The van der Waals surface area contributed by atoms with Gasteiger partial charge in [-0.05, 0) is 25.1 Å². The number of halogens is 2. The molecule has 11 heteroatoms. The van der Waals surface area contributed by atoms with Gasteiger partial charge in [0.2, 0.25) is 0 Å². The molecule has 3 aromatic heterocycles. The molecule has 0 saturated carbocycles. The van der Waals surface area contributed by atoms with Crippen molar-refractivity contribution in [3.63, 3.8) is 0 Å². The molecule has 3 heterocycles. The third-order valence-electron chi connectivity index (χ3n) is 5.15. The SMILES string of the molecule is Cc1nn(Cc2c(Cl)cccc2Cl)c2sc(C(=O)OCc3cc(=O)n(C)c(=O)n3C)cc12. The molecule has 32 heavy (non-hydrogen) atoms. The van der Waals surface area contributed by atoms with Crippen molar-refractivity contribution in [3.05, 3.63) is 83.0 Å². The third-order valence-corrected chi connectivity index (χ3v) is 6.99. The monoisotopic (exact) mass is 492 g/mol. The Morgan fingerprint density at radius 1 is 1.12 bits per heavy atom. The number of carbonyl (C=O) groups excluding carboxylic acids is 1. The summed E-state index contributed by atoms with van der Waals surface area (Å²) in [5.74, 6) is -0.555. The summed E-state index contributed by atoms with van der Waals surface area (Å²) in [6.45, 7) is 2.01. The molecule has 166 valence electrons. The molecule has 1 aromatic carbocycles. The Kier molecular flexibility index (Phi) is 5.98. The normalized spacial score (nSPS) is 11.3. The van der Waals surface area contributed by atoms with Crippen LogP contribution >= 0.6 is 34.5 Å². The van der Waals surface area contributed by atoms with Gasteiger partial charge in [-0.15, -0.1) is 11.3 Å². The Hall–Kier alpha value is -2.88. The molecule has 0 atom stereocenters. The molecular weight excluding hydrogens is 475 g/mol. The van der Waals surface area contributed by atoms with Crippen LogP contribution in [-0.4, -0.2) is 24.9 Å². The summed E-state index contributed by atoms with van der Waals surface area (Å²) < 4.78 is 9.38. The predicted octanol–water partition coefficient (Wildman–Crippen LogP) is 3.52. The van der Waals surface area contributed by atoms with Gasteiger partial charge in [-0.1, -0.05) is 29.3 Å². The molecule has 0 saturated heterocycles. The average molecular weight is 493 g/mol. The second kappa shape index (κ2) is 8.57. The first kappa shape index (κ1) is 22.3. The number of hydrogen-bond acceptors (Lipinski definition) is 6. The van der Waals surface area contributed by atoms with Crippen LogP contribution in [0.5, 0.6) is 0 Å². The summed E-state index contributed by atoms with van der Waals surface area (Å²) >= 11 is 13.8. The number of carbonyl (C=O) groups is 1. The van der Waals surface area contributed by atoms with Crippen molar-refractivity contribution in [2.24, 2.45) is 14.1 Å². The summed E-state index contributed by atoms with van der Waals surface area (Å²) in [7, 11) is 2.90. The lowest BCUT2D eigenvalue weighted by Gasteiger charge is -2.09. The Balaban J connectivity index is 1.60. The lowest BCUT2D eigenvalue weighted by atomic mass is 10.2. The standard InChI is InChI=1S/C21H18Cl2N4O4S/c1-11-13-8-17(20(29)31-10-12-7-18(28)26(3)21(30)25(12)2)32-19(13)27(24-11)9-14-15(22)5-4-6-16(14)23/h4-8H,9-10H2,1-3H3. The summed E-state index contributed by atoms with van der Waals surface area (Å²) in [5, 5.41) is 6.44. The molecular formula is C21H18Cl2N4O4S. The van der Waals surface area contributed by atoms with E-state index in [-0.39, 0.29) is 6.61 Å². The minimum atomic E-state index is -0.555. The van der Waals surface area contributed by atoms with Crippen molar-refractivity contribution in [1.29, 1.82) is 0 Å². The summed E-state index contributed by atoms with van der Waals surface area (Å²) in [6, 6.07) is 8.29. The van der Waals surface area contributed by atoms with Crippen LogP contribution in [0.25, 0.3) is 10.2 Å². The van der Waals surface area contributed by atoms with E-state index < -0.39 is 17.2 Å². The molecule has 0 amide bonds. The molecule has 0 spiro atoms. The zero-order valence-electron chi connectivity index (χ0n) is 17.4. The maximum Gasteiger partial charge on any atom is 0.348 e. The van der Waals surface area contributed by atoms with Crippen LogP contribution in [0, 0.1) is 6.92 Å². The predicted molar refractivity (Wildman–Crippen MR) is 124 cm³/mol. The number of ether oxygens (including phenoxy) is 1. The van der Waals surface area contributed by atoms with Crippen molar-refractivity contribution in [1.82, 2.24) is 18.9 Å². The van der Waals surface area contributed by atoms with E-state index in [2.05, 4.69) is 5.10 Å². The molecule has 0 bridgehead atoms. The molecule has 4 aromatic rings. The zero-order valence-corrected chi connectivity index (χ0v) is 19.7. The molecule has 0 aliphatic heterocycles. The zero-order chi connectivity index (χ0) is 23.2. The maximum atomic E-state index is 12.7. The van der Waals surface area contributed by atoms with Crippen molar-refractivity contribution >= 4 is 50.7 Å². The van der Waals surface area contributed by atoms with Gasteiger partial charge in [-0.25, -0.2) is 14.3 Å².